The molecule has 0 radical (unpaired) electrons. The second-order valence-electron chi connectivity index (χ2n) is 5.10. The lowest BCUT2D eigenvalue weighted by Gasteiger charge is -2.33. The van der Waals surface area contributed by atoms with Crippen molar-refractivity contribution in [2.24, 2.45) is 0 Å². The summed E-state index contributed by atoms with van der Waals surface area (Å²) in [6.45, 7) is 7.34. The Kier molecular flexibility index (Phi) is 6.22. The molecule has 6 nitrogen and oxygen atoms in total. The van der Waals surface area contributed by atoms with Crippen molar-refractivity contribution in [1.29, 1.82) is 0 Å². The average Bonchev–Trinajstić information content (AvgIpc) is 2.34. The highest BCUT2D eigenvalue weighted by Gasteiger charge is 2.35. The van der Waals surface area contributed by atoms with E-state index in [0.717, 1.165) is 0 Å². The summed E-state index contributed by atoms with van der Waals surface area (Å²) < 4.78 is 25.9. The van der Waals surface area contributed by atoms with Crippen LogP contribution in [0.5, 0.6) is 0 Å². The summed E-state index contributed by atoms with van der Waals surface area (Å²) in [6.07, 6.45) is 1.07. The Labute approximate surface area is 116 Å². The number of nitrogens with one attached hydrogen (secondary N) is 2. The van der Waals surface area contributed by atoms with Gasteiger partial charge in [-0.2, -0.15) is 4.31 Å². The van der Waals surface area contributed by atoms with Crippen molar-refractivity contribution >= 4 is 15.9 Å². The van der Waals surface area contributed by atoms with Crippen LogP contribution >= 0.6 is 0 Å². The van der Waals surface area contributed by atoms with Gasteiger partial charge in [-0.3, -0.25) is 4.79 Å². The molecule has 19 heavy (non-hydrogen) atoms. The van der Waals surface area contributed by atoms with Gasteiger partial charge in [-0.1, -0.05) is 20.8 Å². The van der Waals surface area contributed by atoms with E-state index in [4.69, 9.17) is 0 Å². The molecule has 1 aliphatic rings. The minimum Gasteiger partial charge on any atom is -0.353 e. The van der Waals surface area contributed by atoms with Gasteiger partial charge in [0.15, 0.2) is 0 Å². The summed E-state index contributed by atoms with van der Waals surface area (Å²) in [6, 6.07) is -0.191. The Morgan fingerprint density at radius 1 is 1.47 bits per heavy atom. The van der Waals surface area contributed by atoms with Crippen molar-refractivity contribution in [3.05, 3.63) is 0 Å². The van der Waals surface area contributed by atoms with Crippen LogP contribution < -0.4 is 10.6 Å². The van der Waals surface area contributed by atoms with Crippen LogP contribution in [-0.4, -0.2) is 56.1 Å². The molecule has 1 aliphatic heterocycles. The predicted octanol–water partition coefficient (Wildman–Crippen LogP) is -0.0853. The average molecular weight is 291 g/mol. The van der Waals surface area contributed by atoms with E-state index in [1.54, 1.807) is 0 Å². The smallest absolute Gasteiger partial charge is 0.238 e. The molecular weight excluding hydrogens is 266 g/mol. The molecule has 0 aromatic heterocycles. The van der Waals surface area contributed by atoms with E-state index in [0.29, 0.717) is 38.5 Å². The number of amides is 1. The van der Waals surface area contributed by atoms with Gasteiger partial charge in [-0.25, -0.2) is 8.42 Å². The van der Waals surface area contributed by atoms with Crippen LogP contribution in [0.3, 0.4) is 0 Å². The Balaban J connectivity index is 2.57. The maximum atomic E-state index is 12.3. The molecule has 1 unspecified atom stereocenters. The third kappa shape index (κ3) is 4.74. The number of nitrogens with zero attached hydrogens (tertiary/aromatic N) is 1. The molecule has 7 heteroatoms. The van der Waals surface area contributed by atoms with Crippen LogP contribution in [0.4, 0.5) is 0 Å². The van der Waals surface area contributed by atoms with Crippen molar-refractivity contribution in [3.8, 4) is 0 Å². The first-order valence-corrected chi connectivity index (χ1v) is 8.50. The predicted molar refractivity (Wildman–Crippen MR) is 75.3 cm³/mol. The molecule has 112 valence electrons. The zero-order valence-corrected chi connectivity index (χ0v) is 12.8. The van der Waals surface area contributed by atoms with Gasteiger partial charge in [0.2, 0.25) is 15.9 Å². The van der Waals surface area contributed by atoms with E-state index in [-0.39, 0.29) is 11.7 Å². The van der Waals surface area contributed by atoms with Crippen molar-refractivity contribution in [2.45, 2.75) is 45.7 Å². The summed E-state index contributed by atoms with van der Waals surface area (Å²) in [4.78, 5) is 11.7. The van der Waals surface area contributed by atoms with Crippen LogP contribution in [0, 0.1) is 0 Å². The minimum atomic E-state index is -3.34. The molecule has 0 bridgehead atoms. The second kappa shape index (κ2) is 7.21. The molecular formula is C12H25N3O3S. The maximum absolute atomic E-state index is 12.3. The van der Waals surface area contributed by atoms with Crippen LogP contribution in [0.2, 0.25) is 0 Å². The summed E-state index contributed by atoms with van der Waals surface area (Å²) in [5, 5.41) is 5.90. The van der Waals surface area contributed by atoms with Gasteiger partial charge >= 0.3 is 0 Å². The molecule has 0 aromatic carbocycles. The lowest BCUT2D eigenvalue weighted by atomic mass is 10.2. The van der Waals surface area contributed by atoms with Gasteiger partial charge in [0.1, 0.15) is 6.04 Å². The monoisotopic (exact) mass is 291 g/mol. The first kappa shape index (κ1) is 16.4. The zero-order valence-electron chi connectivity index (χ0n) is 12.0. The fraction of sp³-hybridized carbons (Fsp3) is 0.917. The molecule has 1 amide bonds. The Hall–Kier alpha value is -0.660. The fourth-order valence-electron chi connectivity index (χ4n) is 2.18. The fourth-order valence-corrected chi connectivity index (χ4v) is 3.92. The van der Waals surface area contributed by atoms with Gasteiger partial charge in [-0.05, 0) is 19.4 Å². The standard InChI is InChI=1S/C12H25N3O3S/c1-4-11-12(16)14-7-8-15(11)19(17,18)9-5-6-13-10(2)3/h10-11,13H,4-9H2,1-3H3,(H,14,16). The number of sulfonamides is 1. The Morgan fingerprint density at radius 3 is 2.74 bits per heavy atom. The Morgan fingerprint density at radius 2 is 2.16 bits per heavy atom. The normalized spacial score (nSPS) is 21.7. The minimum absolute atomic E-state index is 0.0938. The SMILES string of the molecule is CCC1C(=O)NCCN1S(=O)(=O)CCCNC(C)C. The molecule has 0 spiro atoms. The number of piperazine rings is 1. The number of hydrogen-bond donors (Lipinski definition) is 2. The van der Waals surface area contributed by atoms with Gasteiger partial charge in [0, 0.05) is 19.1 Å². The molecule has 1 heterocycles. The number of carbonyl (C=O) groups excluding carboxylic acids is 1. The zero-order chi connectivity index (χ0) is 14.5. The molecule has 0 saturated carbocycles. The van der Waals surface area contributed by atoms with E-state index in [1.807, 2.05) is 20.8 Å². The lowest BCUT2D eigenvalue weighted by molar-refractivity contribution is -0.126. The van der Waals surface area contributed by atoms with E-state index in [9.17, 15) is 13.2 Å². The molecule has 1 rings (SSSR count). The third-order valence-corrected chi connectivity index (χ3v) is 5.11. The van der Waals surface area contributed by atoms with E-state index in [1.165, 1.54) is 4.31 Å². The summed E-state index contributed by atoms with van der Waals surface area (Å²) in [5.74, 6) is -0.0890. The number of carbonyl (C=O) groups is 1. The largest absolute Gasteiger partial charge is 0.353 e. The summed E-state index contributed by atoms with van der Waals surface area (Å²) >= 11 is 0. The van der Waals surface area contributed by atoms with E-state index >= 15 is 0 Å². The van der Waals surface area contributed by atoms with Crippen molar-refractivity contribution in [1.82, 2.24) is 14.9 Å². The van der Waals surface area contributed by atoms with Gasteiger partial charge < -0.3 is 10.6 Å². The maximum Gasteiger partial charge on any atom is 0.238 e. The van der Waals surface area contributed by atoms with Gasteiger partial charge in [0.05, 0.1) is 5.75 Å². The van der Waals surface area contributed by atoms with Crippen molar-refractivity contribution in [2.75, 3.05) is 25.4 Å². The topological polar surface area (TPSA) is 78.5 Å². The highest BCUT2D eigenvalue weighted by atomic mass is 32.2. The van der Waals surface area contributed by atoms with Crippen molar-refractivity contribution in [3.63, 3.8) is 0 Å². The lowest BCUT2D eigenvalue weighted by Crippen LogP contribution is -2.57. The van der Waals surface area contributed by atoms with E-state index in [2.05, 4.69) is 10.6 Å². The number of hydrogen-bond acceptors (Lipinski definition) is 4. The van der Waals surface area contributed by atoms with Crippen LogP contribution in [0.15, 0.2) is 0 Å². The van der Waals surface area contributed by atoms with E-state index < -0.39 is 16.1 Å². The first-order chi connectivity index (χ1) is 8.88. The summed E-state index contributed by atoms with van der Waals surface area (Å²) in [5.41, 5.74) is 0. The molecule has 0 aliphatic carbocycles. The molecule has 1 atom stereocenters. The van der Waals surface area contributed by atoms with Crippen LogP contribution in [0.25, 0.3) is 0 Å². The first-order valence-electron chi connectivity index (χ1n) is 6.89. The third-order valence-electron chi connectivity index (χ3n) is 3.16. The quantitative estimate of drug-likeness (QED) is 0.643. The van der Waals surface area contributed by atoms with Crippen molar-refractivity contribution < 1.29 is 13.2 Å². The Bertz CT molecular complexity index is 395. The second-order valence-corrected chi connectivity index (χ2v) is 7.15. The highest BCUT2D eigenvalue weighted by molar-refractivity contribution is 7.89. The summed E-state index contributed by atoms with van der Waals surface area (Å²) in [7, 11) is -3.34. The van der Waals surface area contributed by atoms with Gasteiger partial charge in [0.25, 0.3) is 0 Å². The highest BCUT2D eigenvalue weighted by Crippen LogP contribution is 2.14. The molecule has 0 aromatic rings. The molecule has 1 saturated heterocycles. The molecule has 2 N–H and O–H groups in total. The van der Waals surface area contributed by atoms with Crippen LogP contribution in [-0.2, 0) is 14.8 Å². The van der Waals surface area contributed by atoms with Crippen LogP contribution in [0.1, 0.15) is 33.6 Å². The van der Waals surface area contributed by atoms with Gasteiger partial charge in [-0.15, -0.1) is 0 Å². The number of rotatable bonds is 7. The molecule has 1 fully saturated rings.